The number of hydrazine groups is 2. The van der Waals surface area contributed by atoms with E-state index in [9.17, 15) is 17.8 Å². The molecule has 0 aromatic heterocycles. The molecule has 0 fully saturated rings. The van der Waals surface area contributed by atoms with Crippen LogP contribution < -0.4 is 5.53 Å². The van der Waals surface area contributed by atoms with E-state index in [0.29, 0.717) is 19.5 Å². The Morgan fingerprint density at radius 1 is 1.48 bits per heavy atom. The number of hydrogen-bond donors (Lipinski definition) is 3. The van der Waals surface area contributed by atoms with Crippen molar-refractivity contribution < 1.29 is 22.9 Å². The van der Waals surface area contributed by atoms with Gasteiger partial charge in [-0.25, -0.2) is 5.01 Å². The Hall–Kier alpha value is -1.68. The lowest BCUT2D eigenvalue weighted by molar-refractivity contribution is -0.138. The fourth-order valence-electron chi connectivity index (χ4n) is 2.72. The Balaban J connectivity index is 2.21. The van der Waals surface area contributed by atoms with Gasteiger partial charge in [-0.05, 0) is 32.4 Å². The van der Waals surface area contributed by atoms with E-state index in [0.717, 1.165) is 5.57 Å². The summed E-state index contributed by atoms with van der Waals surface area (Å²) in [6.07, 6.45) is 7.15. The molecule has 128 valence electrons. The van der Waals surface area contributed by atoms with Gasteiger partial charge in [0.2, 0.25) is 0 Å². The molecular formula is C14H21N3O5S. The van der Waals surface area contributed by atoms with Gasteiger partial charge in [-0.15, -0.1) is 0 Å². The zero-order valence-corrected chi connectivity index (χ0v) is 13.9. The Morgan fingerprint density at radius 2 is 2.17 bits per heavy atom. The number of allylic oxidation sites excluding steroid dienone is 1. The summed E-state index contributed by atoms with van der Waals surface area (Å²) in [7, 11) is -4.29. The summed E-state index contributed by atoms with van der Waals surface area (Å²) in [5.74, 6) is -0.885. The first-order valence-electron chi connectivity index (χ1n) is 7.17. The fraction of sp³-hybridized carbons (Fsp3) is 0.500. The van der Waals surface area contributed by atoms with Crippen molar-refractivity contribution in [2.24, 2.45) is 0 Å². The third kappa shape index (κ3) is 4.41. The van der Waals surface area contributed by atoms with Gasteiger partial charge in [-0.2, -0.15) is 14.0 Å². The zero-order chi connectivity index (χ0) is 17.3. The summed E-state index contributed by atoms with van der Waals surface area (Å²) in [4.78, 5) is 10.5. The SMILES string of the molecule is CC1=CC(S(=O)(=O)O)=CC(C)(N2C=CCN(CCC(=O)O)N2)C1. The molecule has 0 saturated carbocycles. The average molecular weight is 343 g/mol. The Labute approximate surface area is 135 Å². The lowest BCUT2D eigenvalue weighted by Crippen LogP contribution is -2.59. The van der Waals surface area contributed by atoms with Crippen molar-refractivity contribution in [2.45, 2.75) is 32.2 Å². The molecule has 0 spiro atoms. The van der Waals surface area contributed by atoms with Gasteiger partial charge in [0.15, 0.2) is 0 Å². The van der Waals surface area contributed by atoms with Crippen molar-refractivity contribution in [3.05, 3.63) is 34.9 Å². The van der Waals surface area contributed by atoms with Crippen LogP contribution in [0.3, 0.4) is 0 Å². The van der Waals surface area contributed by atoms with E-state index in [2.05, 4.69) is 5.53 Å². The summed E-state index contributed by atoms with van der Waals surface area (Å²) in [5, 5.41) is 12.2. The zero-order valence-electron chi connectivity index (χ0n) is 13.1. The quantitative estimate of drug-likeness (QED) is 0.631. The van der Waals surface area contributed by atoms with Crippen LogP contribution in [0.1, 0.15) is 26.7 Å². The molecule has 0 aromatic rings. The van der Waals surface area contributed by atoms with Gasteiger partial charge < -0.3 is 5.11 Å². The first-order chi connectivity index (χ1) is 10.6. The maximum atomic E-state index is 11.5. The van der Waals surface area contributed by atoms with E-state index in [1.54, 1.807) is 23.1 Å². The van der Waals surface area contributed by atoms with Crippen molar-refractivity contribution in [1.82, 2.24) is 15.6 Å². The van der Waals surface area contributed by atoms with Gasteiger partial charge >= 0.3 is 5.97 Å². The van der Waals surface area contributed by atoms with E-state index in [4.69, 9.17) is 5.11 Å². The van der Waals surface area contributed by atoms with Crippen LogP contribution in [0.25, 0.3) is 0 Å². The maximum absolute atomic E-state index is 11.5. The minimum absolute atomic E-state index is 0.00354. The van der Waals surface area contributed by atoms with Gasteiger partial charge in [-0.3, -0.25) is 14.4 Å². The first kappa shape index (κ1) is 17.7. The second kappa shape index (κ2) is 6.44. The van der Waals surface area contributed by atoms with Gasteiger partial charge in [-0.1, -0.05) is 11.6 Å². The molecule has 0 radical (unpaired) electrons. The van der Waals surface area contributed by atoms with E-state index in [-0.39, 0.29) is 11.3 Å². The van der Waals surface area contributed by atoms with E-state index >= 15 is 0 Å². The molecule has 1 atom stereocenters. The smallest absolute Gasteiger partial charge is 0.304 e. The molecule has 2 aliphatic rings. The highest BCUT2D eigenvalue weighted by Crippen LogP contribution is 2.33. The van der Waals surface area contributed by atoms with Crippen LogP contribution in [0.2, 0.25) is 0 Å². The monoisotopic (exact) mass is 343 g/mol. The second-order valence-corrected chi connectivity index (χ2v) is 7.41. The summed E-state index contributed by atoms with van der Waals surface area (Å²) < 4.78 is 32.2. The van der Waals surface area contributed by atoms with Crippen LogP contribution in [-0.4, -0.2) is 52.7 Å². The number of carboxylic acid groups (broad SMARTS) is 1. The topological polar surface area (TPSA) is 110 Å². The molecule has 1 unspecified atom stereocenters. The molecule has 0 amide bonds. The maximum Gasteiger partial charge on any atom is 0.304 e. The minimum atomic E-state index is -4.29. The molecular weight excluding hydrogens is 322 g/mol. The van der Waals surface area contributed by atoms with E-state index in [1.165, 1.54) is 12.2 Å². The predicted molar refractivity (Wildman–Crippen MR) is 84.4 cm³/mol. The lowest BCUT2D eigenvalue weighted by Gasteiger charge is -2.45. The highest BCUT2D eigenvalue weighted by molar-refractivity contribution is 7.90. The van der Waals surface area contributed by atoms with Gasteiger partial charge in [0, 0.05) is 19.3 Å². The van der Waals surface area contributed by atoms with Crippen molar-refractivity contribution in [3.63, 3.8) is 0 Å². The molecule has 8 nitrogen and oxygen atoms in total. The van der Waals surface area contributed by atoms with Crippen molar-refractivity contribution in [1.29, 1.82) is 0 Å². The lowest BCUT2D eigenvalue weighted by atomic mass is 9.88. The third-order valence-electron chi connectivity index (χ3n) is 3.75. The standard InChI is InChI=1S/C14H21N3O5S/c1-11-8-12(23(20,21)22)10-14(2,9-11)17-6-3-5-16(15-17)7-4-13(18)19/h3,6,8,10,15H,4-5,7,9H2,1-2H3,(H,18,19)(H,20,21,22). The number of rotatable bonds is 5. The molecule has 2 rings (SSSR count). The van der Waals surface area contributed by atoms with E-state index in [1.807, 2.05) is 13.0 Å². The molecule has 23 heavy (non-hydrogen) atoms. The Morgan fingerprint density at radius 3 is 2.78 bits per heavy atom. The van der Waals surface area contributed by atoms with E-state index < -0.39 is 21.6 Å². The third-order valence-corrected chi connectivity index (χ3v) is 4.58. The van der Waals surface area contributed by atoms with Crippen LogP contribution in [0, 0.1) is 0 Å². The molecule has 3 N–H and O–H groups in total. The number of nitrogens with one attached hydrogen (secondary N) is 1. The summed E-state index contributed by atoms with van der Waals surface area (Å²) in [5.41, 5.74) is 3.19. The summed E-state index contributed by atoms with van der Waals surface area (Å²) in [6, 6.07) is 0. The number of carbonyl (C=O) groups is 1. The second-order valence-electron chi connectivity index (χ2n) is 5.99. The van der Waals surface area contributed by atoms with Crippen LogP contribution in [0.15, 0.2) is 34.9 Å². The summed E-state index contributed by atoms with van der Waals surface area (Å²) >= 11 is 0. The van der Waals surface area contributed by atoms with Crippen LogP contribution in [0.5, 0.6) is 0 Å². The molecule has 0 bridgehead atoms. The van der Waals surface area contributed by atoms with Crippen molar-refractivity contribution in [3.8, 4) is 0 Å². The minimum Gasteiger partial charge on any atom is -0.481 e. The first-order valence-corrected chi connectivity index (χ1v) is 8.61. The number of aliphatic carboxylic acids is 1. The fourth-order valence-corrected chi connectivity index (χ4v) is 3.48. The van der Waals surface area contributed by atoms with Crippen LogP contribution >= 0.6 is 0 Å². The number of hydrogen-bond acceptors (Lipinski definition) is 6. The Bertz CT molecular complexity index is 683. The average Bonchev–Trinajstić information content (AvgIpc) is 2.43. The van der Waals surface area contributed by atoms with Crippen LogP contribution in [-0.2, 0) is 14.9 Å². The normalized spacial score (nSPS) is 26.0. The van der Waals surface area contributed by atoms with Gasteiger partial charge in [0.1, 0.15) is 0 Å². The molecule has 0 saturated heterocycles. The number of carboxylic acids is 1. The molecule has 1 heterocycles. The predicted octanol–water partition coefficient (Wildman–Crippen LogP) is 0.892. The number of nitrogens with zero attached hydrogens (tertiary/aromatic N) is 2. The molecule has 9 heteroatoms. The highest BCUT2D eigenvalue weighted by atomic mass is 32.2. The van der Waals surface area contributed by atoms with Crippen LogP contribution in [0.4, 0.5) is 0 Å². The van der Waals surface area contributed by atoms with Gasteiger partial charge in [0.25, 0.3) is 10.1 Å². The van der Waals surface area contributed by atoms with Crippen molar-refractivity contribution in [2.75, 3.05) is 13.1 Å². The largest absolute Gasteiger partial charge is 0.481 e. The summed E-state index contributed by atoms with van der Waals surface area (Å²) in [6.45, 7) is 4.50. The molecule has 1 aliphatic carbocycles. The molecule has 1 aliphatic heterocycles. The Kier molecular flexibility index (Phi) is 4.95. The molecule has 0 aromatic carbocycles. The highest BCUT2D eigenvalue weighted by Gasteiger charge is 2.35. The van der Waals surface area contributed by atoms with Crippen molar-refractivity contribution >= 4 is 16.1 Å². The van der Waals surface area contributed by atoms with Gasteiger partial charge in [0.05, 0.1) is 16.9 Å².